The third-order valence-corrected chi connectivity index (χ3v) is 1.98. The Balaban J connectivity index is 2.59. The van der Waals surface area contributed by atoms with Gasteiger partial charge in [0.25, 0.3) is 0 Å². The van der Waals surface area contributed by atoms with E-state index in [1.54, 1.807) is 12.1 Å². The average Bonchev–Trinajstić information content (AvgIpc) is 2.17. The second-order valence-electron chi connectivity index (χ2n) is 3.03. The smallest absolute Gasteiger partial charge is 0.346 e. The number of benzene rings is 1. The fourth-order valence-electron chi connectivity index (χ4n) is 1.29. The molecule has 0 fully saturated rings. The molecule has 1 aromatic heterocycles. The van der Waals surface area contributed by atoms with Crippen LogP contribution in [0.25, 0.3) is 11.1 Å². The van der Waals surface area contributed by atoms with Crippen LogP contribution < -0.4 is 11.4 Å². The number of aromatic nitrogens is 2. The Kier molecular flexibility index (Phi) is 2.21. The zero-order chi connectivity index (χ0) is 10.8. The minimum absolute atomic E-state index is 0.181. The number of nitrogens with one attached hydrogen (secondary N) is 1. The number of nitrogen functional groups attached to an aromatic ring is 1. The highest BCUT2D eigenvalue weighted by molar-refractivity contribution is 5.72. The van der Waals surface area contributed by atoms with Gasteiger partial charge in [0.05, 0.1) is 0 Å². The van der Waals surface area contributed by atoms with E-state index in [1.807, 2.05) is 0 Å². The molecule has 15 heavy (non-hydrogen) atoms. The molecule has 1 heterocycles. The number of hydrogen-bond donors (Lipinski definition) is 2. The first-order valence-corrected chi connectivity index (χ1v) is 4.27. The van der Waals surface area contributed by atoms with Gasteiger partial charge in [0, 0.05) is 11.8 Å². The molecule has 0 aliphatic carbocycles. The molecule has 0 spiro atoms. The third-order valence-electron chi connectivity index (χ3n) is 1.98. The number of hydrogen-bond acceptors (Lipinski definition) is 3. The van der Waals surface area contributed by atoms with Crippen LogP contribution in [0.15, 0.2) is 35.3 Å². The topological polar surface area (TPSA) is 71.8 Å². The Morgan fingerprint density at radius 3 is 2.87 bits per heavy atom. The Morgan fingerprint density at radius 2 is 2.20 bits per heavy atom. The van der Waals surface area contributed by atoms with Crippen molar-refractivity contribution in [2.75, 3.05) is 5.73 Å². The van der Waals surface area contributed by atoms with Crippen molar-refractivity contribution in [1.29, 1.82) is 0 Å². The van der Waals surface area contributed by atoms with Crippen molar-refractivity contribution in [2.45, 2.75) is 0 Å². The Bertz CT molecular complexity index is 550. The first-order chi connectivity index (χ1) is 7.16. The van der Waals surface area contributed by atoms with Gasteiger partial charge in [0.15, 0.2) is 0 Å². The monoisotopic (exact) mass is 205 g/mol. The lowest BCUT2D eigenvalue weighted by Gasteiger charge is -2.03. The van der Waals surface area contributed by atoms with Gasteiger partial charge in [0.1, 0.15) is 11.6 Å². The van der Waals surface area contributed by atoms with E-state index < -0.39 is 5.69 Å². The molecule has 2 rings (SSSR count). The summed E-state index contributed by atoms with van der Waals surface area (Å²) in [7, 11) is 0. The van der Waals surface area contributed by atoms with Gasteiger partial charge in [0.2, 0.25) is 0 Å². The summed E-state index contributed by atoms with van der Waals surface area (Å²) in [5.41, 5.74) is 6.15. The largest absolute Gasteiger partial charge is 0.385 e. The van der Waals surface area contributed by atoms with Gasteiger partial charge in [-0.05, 0) is 17.7 Å². The summed E-state index contributed by atoms with van der Waals surface area (Å²) < 4.78 is 12.9. The summed E-state index contributed by atoms with van der Waals surface area (Å²) in [4.78, 5) is 16.7. The Morgan fingerprint density at radius 1 is 1.40 bits per heavy atom. The maximum atomic E-state index is 12.9. The van der Waals surface area contributed by atoms with Gasteiger partial charge in [-0.3, -0.25) is 4.98 Å². The predicted octanol–water partition coefficient (Wildman–Crippen LogP) is 1.16. The fourth-order valence-corrected chi connectivity index (χ4v) is 1.29. The minimum Gasteiger partial charge on any atom is -0.385 e. The molecule has 0 unspecified atom stereocenters. The quantitative estimate of drug-likeness (QED) is 0.733. The standard InChI is InChI=1S/C10H8FN3O/c11-7-3-1-2-6(4-7)8-5-13-10(15)14-9(8)12/h1-5H,(H3,12,13,14,15). The molecule has 4 nitrogen and oxygen atoms in total. The van der Waals surface area contributed by atoms with Crippen LogP contribution in [0.3, 0.4) is 0 Å². The molecule has 0 saturated carbocycles. The van der Waals surface area contributed by atoms with Crippen LogP contribution in [0.4, 0.5) is 10.2 Å². The molecule has 2 aromatic rings. The molecule has 0 saturated heterocycles. The molecular formula is C10H8FN3O. The first-order valence-electron chi connectivity index (χ1n) is 4.27. The van der Waals surface area contributed by atoms with Crippen LogP contribution in [-0.2, 0) is 0 Å². The van der Waals surface area contributed by atoms with Gasteiger partial charge < -0.3 is 5.73 Å². The first kappa shape index (κ1) is 9.39. The van der Waals surface area contributed by atoms with Gasteiger partial charge in [-0.25, -0.2) is 14.2 Å². The normalized spacial score (nSPS) is 10.2. The number of aromatic amines is 1. The lowest BCUT2D eigenvalue weighted by Crippen LogP contribution is -2.12. The average molecular weight is 205 g/mol. The number of anilines is 1. The van der Waals surface area contributed by atoms with E-state index in [9.17, 15) is 9.18 Å². The van der Waals surface area contributed by atoms with E-state index in [-0.39, 0.29) is 11.6 Å². The van der Waals surface area contributed by atoms with Crippen molar-refractivity contribution in [3.8, 4) is 11.1 Å². The van der Waals surface area contributed by atoms with Crippen molar-refractivity contribution in [3.05, 3.63) is 46.8 Å². The van der Waals surface area contributed by atoms with Crippen molar-refractivity contribution >= 4 is 5.82 Å². The zero-order valence-corrected chi connectivity index (χ0v) is 7.70. The number of halogens is 1. The molecule has 5 heteroatoms. The van der Waals surface area contributed by atoms with E-state index >= 15 is 0 Å². The van der Waals surface area contributed by atoms with Crippen LogP contribution in [0.2, 0.25) is 0 Å². The van der Waals surface area contributed by atoms with Gasteiger partial charge in [-0.1, -0.05) is 12.1 Å². The van der Waals surface area contributed by atoms with E-state index in [1.165, 1.54) is 18.3 Å². The van der Waals surface area contributed by atoms with Crippen LogP contribution in [0.5, 0.6) is 0 Å². The van der Waals surface area contributed by atoms with E-state index in [2.05, 4.69) is 9.97 Å². The lowest BCUT2D eigenvalue weighted by molar-refractivity contribution is 0.628. The molecule has 0 radical (unpaired) electrons. The predicted molar refractivity (Wildman–Crippen MR) is 54.7 cm³/mol. The summed E-state index contributed by atoms with van der Waals surface area (Å²) in [6, 6.07) is 5.91. The molecule has 0 bridgehead atoms. The Labute approximate surface area is 84.6 Å². The molecule has 0 amide bonds. The maximum Gasteiger partial charge on any atom is 0.346 e. The van der Waals surface area contributed by atoms with Crippen LogP contribution in [-0.4, -0.2) is 9.97 Å². The van der Waals surface area contributed by atoms with Gasteiger partial charge in [-0.15, -0.1) is 0 Å². The zero-order valence-electron chi connectivity index (χ0n) is 7.70. The van der Waals surface area contributed by atoms with E-state index in [0.29, 0.717) is 11.1 Å². The second kappa shape index (κ2) is 3.53. The highest BCUT2D eigenvalue weighted by atomic mass is 19.1. The van der Waals surface area contributed by atoms with Gasteiger partial charge >= 0.3 is 5.69 Å². The van der Waals surface area contributed by atoms with Crippen LogP contribution in [0.1, 0.15) is 0 Å². The van der Waals surface area contributed by atoms with Gasteiger partial charge in [-0.2, -0.15) is 0 Å². The molecular weight excluding hydrogens is 197 g/mol. The Hall–Kier alpha value is -2.17. The number of rotatable bonds is 1. The highest BCUT2D eigenvalue weighted by Crippen LogP contribution is 2.22. The van der Waals surface area contributed by atoms with Crippen molar-refractivity contribution in [1.82, 2.24) is 9.97 Å². The summed E-state index contributed by atoms with van der Waals surface area (Å²) >= 11 is 0. The molecule has 0 aliphatic rings. The molecule has 0 atom stereocenters. The maximum absolute atomic E-state index is 12.9. The molecule has 1 aromatic carbocycles. The summed E-state index contributed by atoms with van der Waals surface area (Å²) in [5, 5.41) is 0. The fraction of sp³-hybridized carbons (Fsp3) is 0. The number of nitrogens with two attached hydrogens (primary N) is 1. The van der Waals surface area contributed by atoms with Crippen LogP contribution >= 0.6 is 0 Å². The number of nitrogens with zero attached hydrogens (tertiary/aromatic N) is 1. The third kappa shape index (κ3) is 1.85. The van der Waals surface area contributed by atoms with Crippen molar-refractivity contribution in [2.24, 2.45) is 0 Å². The van der Waals surface area contributed by atoms with E-state index in [4.69, 9.17) is 5.73 Å². The summed E-state index contributed by atoms with van der Waals surface area (Å²) in [6.45, 7) is 0. The molecule has 0 aliphatic heterocycles. The summed E-state index contributed by atoms with van der Waals surface area (Å²) in [5.74, 6) is -0.182. The SMILES string of the molecule is Nc1[nH]c(=O)ncc1-c1cccc(F)c1. The molecule has 3 N–H and O–H groups in total. The van der Waals surface area contributed by atoms with E-state index in [0.717, 1.165) is 0 Å². The van der Waals surface area contributed by atoms with Crippen molar-refractivity contribution in [3.63, 3.8) is 0 Å². The highest BCUT2D eigenvalue weighted by Gasteiger charge is 2.04. The second-order valence-corrected chi connectivity index (χ2v) is 3.03. The van der Waals surface area contributed by atoms with Crippen molar-refractivity contribution < 1.29 is 4.39 Å². The minimum atomic E-state index is -0.521. The molecule has 76 valence electrons. The summed E-state index contributed by atoms with van der Waals surface area (Å²) in [6.07, 6.45) is 1.32. The van der Waals surface area contributed by atoms with Crippen LogP contribution in [0, 0.1) is 5.82 Å². The number of H-pyrrole nitrogens is 1. The lowest BCUT2D eigenvalue weighted by atomic mass is 10.1.